The van der Waals surface area contributed by atoms with Crippen LogP contribution in [0.4, 0.5) is 5.69 Å². The number of unbranched alkanes of at least 4 members (excludes halogenated alkanes) is 5. The molecule has 1 heterocycles. The molecule has 0 saturated carbocycles. The number of anilines is 1. The average molecular weight is 288 g/mol. The van der Waals surface area contributed by atoms with Crippen LogP contribution in [0.3, 0.4) is 0 Å². The van der Waals surface area contributed by atoms with E-state index in [1.165, 1.54) is 37.7 Å². The molecule has 0 fully saturated rings. The Labute approximate surface area is 128 Å². The molecule has 21 heavy (non-hydrogen) atoms. The summed E-state index contributed by atoms with van der Waals surface area (Å²) in [6.45, 7) is 5.81. The molecule has 0 bridgehead atoms. The van der Waals surface area contributed by atoms with Crippen LogP contribution in [0.25, 0.3) is 0 Å². The van der Waals surface area contributed by atoms with Crippen molar-refractivity contribution in [3.05, 3.63) is 29.8 Å². The van der Waals surface area contributed by atoms with Crippen molar-refractivity contribution >= 4 is 11.6 Å². The molecule has 1 N–H and O–H groups in total. The highest BCUT2D eigenvalue weighted by atomic mass is 16.2. The van der Waals surface area contributed by atoms with E-state index in [0.717, 1.165) is 25.2 Å². The number of nitrogens with one attached hydrogen (secondary N) is 1. The van der Waals surface area contributed by atoms with Gasteiger partial charge in [-0.3, -0.25) is 4.79 Å². The van der Waals surface area contributed by atoms with Gasteiger partial charge in [-0.15, -0.1) is 0 Å². The molecular formula is C18H28N2O. The van der Waals surface area contributed by atoms with E-state index in [4.69, 9.17) is 0 Å². The molecule has 2 rings (SSSR count). The van der Waals surface area contributed by atoms with Crippen molar-refractivity contribution in [2.24, 2.45) is 0 Å². The van der Waals surface area contributed by atoms with Gasteiger partial charge in [0.2, 0.25) is 5.91 Å². The molecule has 0 saturated heterocycles. The van der Waals surface area contributed by atoms with Crippen LogP contribution < -0.4 is 10.2 Å². The third-order valence-electron chi connectivity index (χ3n) is 4.25. The maximum absolute atomic E-state index is 12.5. The monoisotopic (exact) mass is 288 g/mol. The second-order valence-electron chi connectivity index (χ2n) is 5.99. The molecule has 1 aromatic rings. The molecule has 0 aliphatic carbocycles. The summed E-state index contributed by atoms with van der Waals surface area (Å²) in [6, 6.07) is 8.16. The molecule has 1 amide bonds. The number of carbonyl (C=O) groups is 1. The van der Waals surface area contributed by atoms with Crippen molar-refractivity contribution in [3.8, 4) is 0 Å². The van der Waals surface area contributed by atoms with E-state index in [2.05, 4.69) is 24.4 Å². The minimum absolute atomic E-state index is 0.0995. The predicted molar refractivity (Wildman–Crippen MR) is 88.5 cm³/mol. The van der Waals surface area contributed by atoms with Crippen LogP contribution in [-0.2, 0) is 11.3 Å². The molecule has 1 atom stereocenters. The van der Waals surface area contributed by atoms with Crippen LogP contribution in [0.5, 0.6) is 0 Å². The van der Waals surface area contributed by atoms with Gasteiger partial charge in [0.15, 0.2) is 0 Å². The minimum Gasteiger partial charge on any atom is -0.311 e. The molecule has 0 radical (unpaired) electrons. The maximum Gasteiger partial charge on any atom is 0.243 e. The highest BCUT2D eigenvalue weighted by Crippen LogP contribution is 2.24. The van der Waals surface area contributed by atoms with Crippen molar-refractivity contribution in [2.75, 3.05) is 11.4 Å². The molecule has 1 aliphatic heterocycles. The standard InChI is InChI=1S/C18H28N2O/c1-3-4-5-6-7-10-13-20-17-12-9-8-11-16(17)14-19-15(2)18(20)21/h8-9,11-12,15,19H,3-7,10,13-14H2,1-2H3. The molecule has 0 aromatic heterocycles. The summed E-state index contributed by atoms with van der Waals surface area (Å²) in [5.74, 6) is 0.202. The number of fused-ring (bicyclic) bond motifs is 1. The number of benzene rings is 1. The van der Waals surface area contributed by atoms with Gasteiger partial charge in [0.1, 0.15) is 0 Å². The van der Waals surface area contributed by atoms with Gasteiger partial charge in [-0.1, -0.05) is 57.2 Å². The summed E-state index contributed by atoms with van der Waals surface area (Å²) in [6.07, 6.45) is 7.52. The van der Waals surface area contributed by atoms with E-state index in [-0.39, 0.29) is 11.9 Å². The second kappa shape index (κ2) is 8.18. The van der Waals surface area contributed by atoms with Crippen LogP contribution in [0.15, 0.2) is 24.3 Å². The molecule has 116 valence electrons. The first-order chi connectivity index (χ1) is 10.2. The van der Waals surface area contributed by atoms with Crippen molar-refractivity contribution in [1.29, 1.82) is 0 Å². The number of carbonyl (C=O) groups excluding carboxylic acids is 1. The summed E-state index contributed by atoms with van der Waals surface area (Å²) in [4.78, 5) is 14.5. The minimum atomic E-state index is -0.0995. The summed E-state index contributed by atoms with van der Waals surface area (Å²) in [7, 11) is 0. The molecule has 3 nitrogen and oxygen atoms in total. The van der Waals surface area contributed by atoms with Crippen molar-refractivity contribution in [3.63, 3.8) is 0 Å². The summed E-state index contributed by atoms with van der Waals surface area (Å²) >= 11 is 0. The molecule has 1 aliphatic rings. The van der Waals surface area contributed by atoms with Gasteiger partial charge in [-0.25, -0.2) is 0 Å². The first-order valence-corrected chi connectivity index (χ1v) is 8.36. The third-order valence-corrected chi connectivity index (χ3v) is 4.25. The smallest absolute Gasteiger partial charge is 0.243 e. The first kappa shape index (κ1) is 16.0. The zero-order valence-electron chi connectivity index (χ0n) is 13.4. The van der Waals surface area contributed by atoms with E-state index in [0.29, 0.717) is 0 Å². The molecular weight excluding hydrogens is 260 g/mol. The lowest BCUT2D eigenvalue weighted by Crippen LogP contribution is -2.42. The number of hydrogen-bond donors (Lipinski definition) is 1. The van der Waals surface area contributed by atoms with Crippen LogP contribution in [0.2, 0.25) is 0 Å². The molecule has 1 aromatic carbocycles. The second-order valence-corrected chi connectivity index (χ2v) is 5.99. The molecule has 0 spiro atoms. The van der Waals surface area contributed by atoms with Gasteiger partial charge in [0.25, 0.3) is 0 Å². The van der Waals surface area contributed by atoms with E-state index in [1.54, 1.807) is 0 Å². The van der Waals surface area contributed by atoms with Gasteiger partial charge in [-0.05, 0) is 25.0 Å². The summed E-state index contributed by atoms with van der Waals surface area (Å²) in [5.41, 5.74) is 2.31. The largest absolute Gasteiger partial charge is 0.311 e. The van der Waals surface area contributed by atoms with Crippen molar-refractivity contribution in [1.82, 2.24) is 5.32 Å². The van der Waals surface area contributed by atoms with Gasteiger partial charge < -0.3 is 10.2 Å². The Kier molecular flexibility index (Phi) is 6.24. The fraction of sp³-hybridized carbons (Fsp3) is 0.611. The maximum atomic E-state index is 12.5. The molecule has 1 unspecified atom stereocenters. The van der Waals surface area contributed by atoms with E-state index in [1.807, 2.05) is 24.0 Å². The number of nitrogens with zero attached hydrogens (tertiary/aromatic N) is 1. The number of rotatable bonds is 7. The Hall–Kier alpha value is -1.35. The predicted octanol–water partition coefficient (Wildman–Crippen LogP) is 3.87. The van der Waals surface area contributed by atoms with Crippen LogP contribution in [-0.4, -0.2) is 18.5 Å². The highest BCUT2D eigenvalue weighted by molar-refractivity contribution is 5.98. The van der Waals surface area contributed by atoms with Gasteiger partial charge in [-0.2, -0.15) is 0 Å². The third kappa shape index (κ3) is 4.31. The topological polar surface area (TPSA) is 32.3 Å². The summed E-state index contributed by atoms with van der Waals surface area (Å²) < 4.78 is 0. The van der Waals surface area contributed by atoms with Gasteiger partial charge in [0.05, 0.1) is 6.04 Å². The van der Waals surface area contributed by atoms with Crippen LogP contribution in [0, 0.1) is 0 Å². The Morgan fingerprint density at radius 3 is 2.67 bits per heavy atom. The fourth-order valence-electron chi connectivity index (χ4n) is 2.91. The lowest BCUT2D eigenvalue weighted by Gasteiger charge is -2.24. The van der Waals surface area contributed by atoms with Gasteiger partial charge >= 0.3 is 0 Å². The molecule has 3 heteroatoms. The highest BCUT2D eigenvalue weighted by Gasteiger charge is 2.26. The van der Waals surface area contributed by atoms with E-state index >= 15 is 0 Å². The van der Waals surface area contributed by atoms with Crippen molar-refractivity contribution < 1.29 is 4.79 Å². The zero-order valence-corrected chi connectivity index (χ0v) is 13.4. The fourth-order valence-corrected chi connectivity index (χ4v) is 2.91. The first-order valence-electron chi connectivity index (χ1n) is 8.36. The van der Waals surface area contributed by atoms with Crippen LogP contribution in [0.1, 0.15) is 57.9 Å². The summed E-state index contributed by atoms with van der Waals surface area (Å²) in [5, 5.41) is 3.31. The lowest BCUT2D eigenvalue weighted by atomic mass is 10.1. The van der Waals surface area contributed by atoms with Gasteiger partial charge in [0, 0.05) is 18.8 Å². The Morgan fingerprint density at radius 2 is 1.86 bits per heavy atom. The number of hydrogen-bond acceptors (Lipinski definition) is 2. The van der Waals surface area contributed by atoms with E-state index < -0.39 is 0 Å². The SMILES string of the molecule is CCCCCCCCN1C(=O)C(C)NCc2ccccc21. The lowest BCUT2D eigenvalue weighted by molar-refractivity contribution is -0.120. The Balaban J connectivity index is 1.96. The van der Waals surface area contributed by atoms with Crippen LogP contribution >= 0.6 is 0 Å². The zero-order chi connectivity index (χ0) is 15.1. The van der Waals surface area contributed by atoms with E-state index in [9.17, 15) is 4.79 Å². The Morgan fingerprint density at radius 1 is 1.14 bits per heavy atom. The average Bonchev–Trinajstić information content (AvgIpc) is 2.62. The number of amides is 1. The normalized spacial score (nSPS) is 18.5. The quantitative estimate of drug-likeness (QED) is 0.772. The van der Waals surface area contributed by atoms with Crippen molar-refractivity contribution in [2.45, 2.75) is 65.0 Å². The number of para-hydroxylation sites is 1. The Bertz CT molecular complexity index is 458.